The highest BCUT2D eigenvalue weighted by atomic mass is 16.4. The molecular formula is C39H59N5O9. The number of aromatic hydroxyl groups is 2. The Morgan fingerprint density at radius 1 is 0.755 bits per heavy atom. The molecule has 0 aromatic heterocycles. The van der Waals surface area contributed by atoms with Crippen molar-refractivity contribution < 1.29 is 44.4 Å². The van der Waals surface area contributed by atoms with Crippen LogP contribution in [-0.4, -0.2) is 110 Å². The third kappa shape index (κ3) is 13.0. The predicted molar refractivity (Wildman–Crippen MR) is 201 cm³/mol. The number of aliphatic carboxylic acids is 1. The van der Waals surface area contributed by atoms with Gasteiger partial charge in [0.15, 0.2) is 0 Å². The quantitative estimate of drug-likeness (QED) is 0.0927. The molecule has 8 N–H and O–H groups in total. The van der Waals surface area contributed by atoms with E-state index in [9.17, 15) is 44.4 Å². The standard InChI is InChI=1S/C39H59N5O9/c1-8-10-11-12-29(40)34(47)36(49)42-32(23(3)4)37(50)44(7)33(24(5)9-2)38(51)43(6)31(22-26-15-19-28(46)20-16-26)35(48)41-30(39(52)53)21-25-13-17-27(45)18-14-25/h13-20,23-24,29-34,45-47H,8-12,21-22,40H2,1-7H3,(H,41,48)(H,42,49)(H,52,53)/t24-,29-,30-,31-,32?,33-,34-/m0/s1. The van der Waals surface area contributed by atoms with Crippen LogP contribution in [0.1, 0.15) is 77.8 Å². The number of nitrogens with one attached hydrogen (secondary N) is 2. The molecule has 2 aromatic rings. The molecule has 1 unspecified atom stereocenters. The van der Waals surface area contributed by atoms with Crippen molar-refractivity contribution in [3.05, 3.63) is 59.7 Å². The highest BCUT2D eigenvalue weighted by molar-refractivity contribution is 5.95. The van der Waals surface area contributed by atoms with Gasteiger partial charge in [0.05, 0.1) is 0 Å². The number of unbranched alkanes of at least 4 members (excludes halogenated alkanes) is 2. The number of rotatable bonds is 21. The van der Waals surface area contributed by atoms with E-state index in [4.69, 9.17) is 5.73 Å². The van der Waals surface area contributed by atoms with Gasteiger partial charge in [0.25, 0.3) is 5.91 Å². The topological polar surface area (TPSA) is 223 Å². The molecule has 0 aliphatic heterocycles. The maximum absolute atomic E-state index is 14.5. The lowest BCUT2D eigenvalue weighted by molar-refractivity contribution is -0.152. The van der Waals surface area contributed by atoms with Crippen LogP contribution in [0.25, 0.3) is 0 Å². The molecule has 7 atom stereocenters. The van der Waals surface area contributed by atoms with Crippen LogP contribution < -0.4 is 16.4 Å². The van der Waals surface area contributed by atoms with Crippen LogP contribution in [0.5, 0.6) is 11.5 Å². The number of hydrogen-bond acceptors (Lipinski definition) is 9. The molecular weight excluding hydrogens is 682 g/mol. The molecule has 0 radical (unpaired) electrons. The van der Waals surface area contributed by atoms with Gasteiger partial charge in [-0.2, -0.15) is 0 Å². The van der Waals surface area contributed by atoms with Crippen molar-refractivity contribution in [2.45, 2.75) is 116 Å². The van der Waals surface area contributed by atoms with Gasteiger partial charge in [-0.3, -0.25) is 19.2 Å². The zero-order valence-corrected chi connectivity index (χ0v) is 32.0. The fourth-order valence-electron chi connectivity index (χ4n) is 6.06. The third-order valence-corrected chi connectivity index (χ3v) is 9.72. The molecule has 294 valence electrons. The average molecular weight is 742 g/mol. The van der Waals surface area contributed by atoms with Crippen molar-refractivity contribution in [2.75, 3.05) is 14.1 Å². The number of carboxylic acid groups (broad SMARTS) is 1. The van der Waals surface area contributed by atoms with Gasteiger partial charge in [-0.1, -0.05) is 84.6 Å². The van der Waals surface area contributed by atoms with Crippen LogP contribution in [0.2, 0.25) is 0 Å². The Balaban J connectivity index is 2.43. The Labute approximate surface area is 312 Å². The molecule has 14 nitrogen and oxygen atoms in total. The van der Waals surface area contributed by atoms with Gasteiger partial charge in [-0.05, 0) is 53.6 Å². The molecule has 2 rings (SSSR count). The monoisotopic (exact) mass is 741 g/mol. The Morgan fingerprint density at radius 2 is 1.28 bits per heavy atom. The number of nitrogens with zero attached hydrogens (tertiary/aromatic N) is 2. The molecule has 0 saturated carbocycles. The minimum Gasteiger partial charge on any atom is -0.508 e. The van der Waals surface area contributed by atoms with Crippen LogP contribution in [0.3, 0.4) is 0 Å². The first-order valence-corrected chi connectivity index (χ1v) is 18.3. The Kier molecular flexibility index (Phi) is 17.7. The summed E-state index contributed by atoms with van der Waals surface area (Å²) in [4.78, 5) is 70.4. The maximum atomic E-state index is 14.5. The number of phenolic OH excluding ortho intramolecular Hbond substituents is 2. The van der Waals surface area contributed by atoms with Gasteiger partial charge in [0.1, 0.15) is 41.8 Å². The summed E-state index contributed by atoms with van der Waals surface area (Å²) >= 11 is 0. The van der Waals surface area contributed by atoms with E-state index in [1.807, 2.05) is 13.8 Å². The summed E-state index contributed by atoms with van der Waals surface area (Å²) in [6, 6.07) is 6.29. The number of hydrogen-bond donors (Lipinski definition) is 7. The van der Waals surface area contributed by atoms with Crippen molar-refractivity contribution in [1.29, 1.82) is 0 Å². The number of benzene rings is 2. The normalized spacial score (nSPS) is 15.3. The first-order valence-electron chi connectivity index (χ1n) is 18.3. The van der Waals surface area contributed by atoms with Crippen LogP contribution in [0, 0.1) is 11.8 Å². The number of aliphatic hydroxyl groups is 1. The van der Waals surface area contributed by atoms with E-state index < -0.39 is 77.7 Å². The Bertz CT molecular complexity index is 1500. The van der Waals surface area contributed by atoms with Crippen LogP contribution >= 0.6 is 0 Å². The van der Waals surface area contributed by atoms with E-state index in [0.29, 0.717) is 24.0 Å². The highest BCUT2D eigenvalue weighted by Crippen LogP contribution is 2.22. The molecule has 2 aromatic carbocycles. The van der Waals surface area contributed by atoms with Gasteiger partial charge in [0, 0.05) is 33.0 Å². The minimum atomic E-state index is -1.54. The van der Waals surface area contributed by atoms with Crippen molar-refractivity contribution >= 4 is 29.6 Å². The van der Waals surface area contributed by atoms with E-state index >= 15 is 0 Å². The molecule has 0 heterocycles. The lowest BCUT2D eigenvalue weighted by Crippen LogP contribution is -2.61. The smallest absolute Gasteiger partial charge is 0.326 e. The van der Waals surface area contributed by atoms with Gasteiger partial charge >= 0.3 is 5.97 Å². The van der Waals surface area contributed by atoms with Crippen molar-refractivity contribution in [1.82, 2.24) is 20.4 Å². The fraction of sp³-hybridized carbons (Fsp3) is 0.564. The first kappa shape index (κ1) is 44.5. The highest BCUT2D eigenvalue weighted by Gasteiger charge is 2.41. The number of amides is 4. The van der Waals surface area contributed by atoms with Crippen molar-refractivity contribution in [2.24, 2.45) is 17.6 Å². The van der Waals surface area contributed by atoms with E-state index in [1.165, 1.54) is 48.2 Å². The number of nitrogens with two attached hydrogens (primary N) is 1. The fourth-order valence-corrected chi connectivity index (χ4v) is 6.06. The SMILES string of the molecule is CCCCC[C@H](N)[C@H](O)C(=O)NC(C(=O)N(C)[C@H](C(=O)N(C)[C@@H](Cc1ccc(O)cc1)C(=O)N[C@@H](Cc1ccc(O)cc1)C(=O)O)[C@@H](C)CC)C(C)C. The second-order valence-corrected chi connectivity index (χ2v) is 14.2. The Morgan fingerprint density at radius 3 is 1.75 bits per heavy atom. The molecule has 0 aliphatic rings. The third-order valence-electron chi connectivity index (χ3n) is 9.72. The second-order valence-electron chi connectivity index (χ2n) is 14.2. The molecule has 4 amide bonds. The minimum absolute atomic E-state index is 0.000221. The largest absolute Gasteiger partial charge is 0.508 e. The van der Waals surface area contributed by atoms with E-state index in [0.717, 1.165) is 19.3 Å². The Hall–Kier alpha value is -4.69. The molecule has 0 fully saturated rings. The summed E-state index contributed by atoms with van der Waals surface area (Å²) in [6.07, 6.45) is 1.80. The van der Waals surface area contributed by atoms with Crippen LogP contribution in [0.15, 0.2) is 48.5 Å². The molecule has 0 aliphatic carbocycles. The summed E-state index contributed by atoms with van der Waals surface area (Å²) < 4.78 is 0. The summed E-state index contributed by atoms with van der Waals surface area (Å²) in [5.74, 6) is -4.87. The number of carboxylic acids is 1. The van der Waals surface area contributed by atoms with Gasteiger partial charge in [-0.25, -0.2) is 4.79 Å². The number of aliphatic hydroxyl groups excluding tert-OH is 1. The summed E-state index contributed by atoms with van der Waals surface area (Å²) in [7, 11) is 2.86. The molecule has 0 bridgehead atoms. The summed E-state index contributed by atoms with van der Waals surface area (Å²) in [5, 5.41) is 45.4. The average Bonchev–Trinajstić information content (AvgIpc) is 3.12. The molecule has 0 spiro atoms. The zero-order valence-electron chi connectivity index (χ0n) is 32.0. The van der Waals surface area contributed by atoms with Crippen molar-refractivity contribution in [3.8, 4) is 11.5 Å². The van der Waals surface area contributed by atoms with Crippen LogP contribution in [-0.2, 0) is 36.8 Å². The molecule has 0 saturated heterocycles. The number of likely N-dealkylation sites (N-methyl/N-ethyl adjacent to an activating group) is 2. The molecule has 53 heavy (non-hydrogen) atoms. The summed E-state index contributed by atoms with van der Waals surface area (Å²) in [6.45, 7) is 9.12. The van der Waals surface area contributed by atoms with Gasteiger partial charge < -0.3 is 46.6 Å². The number of carbonyl (C=O) groups excluding carboxylic acids is 4. The van der Waals surface area contributed by atoms with Crippen molar-refractivity contribution in [3.63, 3.8) is 0 Å². The zero-order chi connectivity index (χ0) is 40.0. The predicted octanol–water partition coefficient (Wildman–Crippen LogP) is 2.56. The maximum Gasteiger partial charge on any atom is 0.326 e. The number of phenols is 2. The van der Waals surface area contributed by atoms with E-state index in [-0.39, 0.29) is 24.3 Å². The van der Waals surface area contributed by atoms with Gasteiger partial charge in [-0.15, -0.1) is 0 Å². The van der Waals surface area contributed by atoms with E-state index in [2.05, 4.69) is 10.6 Å². The summed E-state index contributed by atoms with van der Waals surface area (Å²) in [5.41, 5.74) is 7.21. The lowest BCUT2D eigenvalue weighted by Gasteiger charge is -2.39. The second kappa shape index (κ2) is 21.1. The van der Waals surface area contributed by atoms with Gasteiger partial charge in [0.2, 0.25) is 17.7 Å². The molecule has 14 heteroatoms. The number of carbonyl (C=O) groups is 5. The lowest BCUT2D eigenvalue weighted by atomic mass is 9.93. The first-order chi connectivity index (χ1) is 24.9. The van der Waals surface area contributed by atoms with E-state index in [1.54, 1.807) is 45.0 Å². The van der Waals surface area contributed by atoms with Crippen LogP contribution in [0.4, 0.5) is 0 Å².